The highest BCUT2D eigenvalue weighted by molar-refractivity contribution is 6.31. The summed E-state index contributed by atoms with van der Waals surface area (Å²) in [5.74, 6) is -0.232. The SMILES string of the molecule is O=C(Nc1cccc(Cl)c1)c1ccccc1NC(=O)C1CCCC1. The highest BCUT2D eigenvalue weighted by Crippen LogP contribution is 2.27. The van der Waals surface area contributed by atoms with E-state index in [1.54, 1.807) is 48.5 Å². The van der Waals surface area contributed by atoms with Gasteiger partial charge >= 0.3 is 0 Å². The minimum Gasteiger partial charge on any atom is -0.325 e. The Hall–Kier alpha value is -2.33. The zero-order valence-electron chi connectivity index (χ0n) is 13.2. The molecule has 2 aromatic carbocycles. The van der Waals surface area contributed by atoms with E-state index in [0.29, 0.717) is 22.0 Å². The van der Waals surface area contributed by atoms with Crippen LogP contribution in [-0.4, -0.2) is 11.8 Å². The van der Waals surface area contributed by atoms with Gasteiger partial charge in [0, 0.05) is 16.6 Å². The fourth-order valence-corrected chi connectivity index (χ4v) is 3.17. The highest BCUT2D eigenvalue weighted by atomic mass is 35.5. The van der Waals surface area contributed by atoms with Gasteiger partial charge in [-0.25, -0.2) is 0 Å². The zero-order valence-corrected chi connectivity index (χ0v) is 14.0. The number of halogens is 1. The first-order chi connectivity index (χ1) is 11.6. The van der Waals surface area contributed by atoms with Gasteiger partial charge in [-0.15, -0.1) is 0 Å². The number of benzene rings is 2. The Kier molecular flexibility index (Phi) is 5.16. The first kappa shape index (κ1) is 16.5. The second kappa shape index (κ2) is 7.49. The van der Waals surface area contributed by atoms with Gasteiger partial charge in [0.2, 0.25) is 5.91 Å². The van der Waals surface area contributed by atoms with Gasteiger partial charge in [0.15, 0.2) is 0 Å². The van der Waals surface area contributed by atoms with Crippen LogP contribution in [0.15, 0.2) is 48.5 Å². The third-order valence-electron chi connectivity index (χ3n) is 4.24. The highest BCUT2D eigenvalue weighted by Gasteiger charge is 2.23. The number of carbonyl (C=O) groups is 2. The van der Waals surface area contributed by atoms with Crippen LogP contribution in [-0.2, 0) is 4.79 Å². The second-order valence-electron chi connectivity index (χ2n) is 5.98. The summed E-state index contributed by atoms with van der Waals surface area (Å²) in [6, 6.07) is 14.0. The summed E-state index contributed by atoms with van der Waals surface area (Å²) >= 11 is 5.94. The lowest BCUT2D eigenvalue weighted by atomic mass is 10.1. The fraction of sp³-hybridized carbons (Fsp3) is 0.263. The van der Waals surface area contributed by atoms with E-state index in [9.17, 15) is 9.59 Å². The molecule has 0 spiro atoms. The van der Waals surface area contributed by atoms with Crippen molar-refractivity contribution in [3.05, 3.63) is 59.1 Å². The lowest BCUT2D eigenvalue weighted by Gasteiger charge is -2.14. The molecule has 0 aromatic heterocycles. The summed E-state index contributed by atoms with van der Waals surface area (Å²) in [7, 11) is 0. The average Bonchev–Trinajstić information content (AvgIpc) is 3.10. The Morgan fingerprint density at radius 1 is 0.958 bits per heavy atom. The second-order valence-corrected chi connectivity index (χ2v) is 6.42. The molecule has 1 aliphatic rings. The van der Waals surface area contributed by atoms with Gasteiger partial charge in [-0.2, -0.15) is 0 Å². The molecule has 0 radical (unpaired) electrons. The summed E-state index contributed by atoms with van der Waals surface area (Å²) < 4.78 is 0. The maximum Gasteiger partial charge on any atom is 0.257 e. The molecule has 0 unspecified atom stereocenters. The largest absolute Gasteiger partial charge is 0.325 e. The molecule has 3 rings (SSSR count). The maximum atomic E-state index is 12.5. The Bertz CT molecular complexity index is 755. The van der Waals surface area contributed by atoms with E-state index < -0.39 is 0 Å². The molecule has 0 saturated heterocycles. The first-order valence-electron chi connectivity index (χ1n) is 8.10. The van der Waals surface area contributed by atoms with E-state index in [4.69, 9.17) is 11.6 Å². The quantitative estimate of drug-likeness (QED) is 0.844. The molecule has 5 heteroatoms. The molecule has 0 heterocycles. The van der Waals surface area contributed by atoms with E-state index in [2.05, 4.69) is 10.6 Å². The van der Waals surface area contributed by atoms with Gasteiger partial charge in [0.25, 0.3) is 5.91 Å². The normalized spacial score (nSPS) is 14.4. The smallest absolute Gasteiger partial charge is 0.257 e. The van der Waals surface area contributed by atoms with Gasteiger partial charge in [-0.1, -0.05) is 42.6 Å². The average molecular weight is 343 g/mol. The minimum absolute atomic E-state index is 0.00416. The fourth-order valence-electron chi connectivity index (χ4n) is 2.98. The van der Waals surface area contributed by atoms with Gasteiger partial charge < -0.3 is 10.6 Å². The van der Waals surface area contributed by atoms with Crippen molar-refractivity contribution >= 4 is 34.8 Å². The minimum atomic E-state index is -0.278. The summed E-state index contributed by atoms with van der Waals surface area (Å²) in [6.45, 7) is 0. The van der Waals surface area contributed by atoms with E-state index in [1.807, 2.05) is 0 Å². The number of carbonyl (C=O) groups excluding carboxylic acids is 2. The van der Waals surface area contributed by atoms with Crippen molar-refractivity contribution in [2.45, 2.75) is 25.7 Å². The molecule has 1 aliphatic carbocycles. The van der Waals surface area contributed by atoms with Crippen molar-refractivity contribution in [3.63, 3.8) is 0 Å². The molecule has 2 N–H and O–H groups in total. The number of hydrogen-bond donors (Lipinski definition) is 2. The number of nitrogens with one attached hydrogen (secondary N) is 2. The molecule has 0 atom stereocenters. The lowest BCUT2D eigenvalue weighted by Crippen LogP contribution is -2.23. The van der Waals surface area contributed by atoms with Crippen molar-refractivity contribution in [1.82, 2.24) is 0 Å². The van der Waals surface area contributed by atoms with Crippen LogP contribution in [0.3, 0.4) is 0 Å². The van der Waals surface area contributed by atoms with Gasteiger partial charge in [-0.05, 0) is 43.2 Å². The number of para-hydroxylation sites is 1. The summed E-state index contributed by atoms with van der Waals surface area (Å²) in [4.78, 5) is 24.9. The molecule has 0 bridgehead atoms. The Balaban J connectivity index is 1.75. The van der Waals surface area contributed by atoms with Crippen LogP contribution in [0.1, 0.15) is 36.0 Å². The molecule has 4 nitrogen and oxygen atoms in total. The van der Waals surface area contributed by atoms with Crippen LogP contribution in [0.25, 0.3) is 0 Å². The van der Waals surface area contributed by atoms with Crippen molar-refractivity contribution in [2.75, 3.05) is 10.6 Å². The molecular weight excluding hydrogens is 324 g/mol. The van der Waals surface area contributed by atoms with Crippen molar-refractivity contribution in [3.8, 4) is 0 Å². The molecule has 124 valence electrons. The van der Waals surface area contributed by atoms with Crippen LogP contribution in [0.2, 0.25) is 5.02 Å². The number of anilines is 2. The number of rotatable bonds is 4. The number of hydrogen-bond acceptors (Lipinski definition) is 2. The Labute approximate surface area is 146 Å². The Morgan fingerprint density at radius 3 is 2.46 bits per heavy atom. The van der Waals surface area contributed by atoms with Crippen molar-refractivity contribution in [1.29, 1.82) is 0 Å². The van der Waals surface area contributed by atoms with Crippen LogP contribution in [0, 0.1) is 5.92 Å². The molecule has 1 saturated carbocycles. The predicted octanol–water partition coefficient (Wildman–Crippen LogP) is 4.72. The molecule has 2 amide bonds. The first-order valence-corrected chi connectivity index (χ1v) is 8.48. The Morgan fingerprint density at radius 2 is 1.71 bits per heavy atom. The van der Waals surface area contributed by atoms with Crippen LogP contribution < -0.4 is 10.6 Å². The molecule has 1 fully saturated rings. The number of amides is 2. The summed E-state index contributed by atoms with van der Waals surface area (Å²) in [6.07, 6.45) is 4.02. The van der Waals surface area contributed by atoms with Gasteiger partial charge in [0.1, 0.15) is 0 Å². The molecule has 24 heavy (non-hydrogen) atoms. The third kappa shape index (κ3) is 3.95. The summed E-state index contributed by atoms with van der Waals surface area (Å²) in [5, 5.41) is 6.26. The maximum absolute atomic E-state index is 12.5. The standard InChI is InChI=1S/C19H19ClN2O2/c20-14-8-5-9-15(12-14)21-19(24)16-10-3-4-11-17(16)22-18(23)13-6-1-2-7-13/h3-5,8-13H,1-2,6-7H2,(H,21,24)(H,22,23). The topological polar surface area (TPSA) is 58.2 Å². The summed E-state index contributed by atoms with van der Waals surface area (Å²) in [5.41, 5.74) is 1.59. The predicted molar refractivity (Wildman–Crippen MR) is 96.4 cm³/mol. The van der Waals surface area contributed by atoms with E-state index in [0.717, 1.165) is 25.7 Å². The lowest BCUT2D eigenvalue weighted by molar-refractivity contribution is -0.119. The van der Waals surface area contributed by atoms with Crippen LogP contribution >= 0.6 is 11.6 Å². The van der Waals surface area contributed by atoms with Crippen molar-refractivity contribution < 1.29 is 9.59 Å². The van der Waals surface area contributed by atoms with Crippen LogP contribution in [0.4, 0.5) is 11.4 Å². The van der Waals surface area contributed by atoms with Crippen LogP contribution in [0.5, 0.6) is 0 Å². The molecule has 2 aromatic rings. The van der Waals surface area contributed by atoms with Crippen molar-refractivity contribution in [2.24, 2.45) is 5.92 Å². The van der Waals surface area contributed by atoms with E-state index in [1.165, 1.54) is 0 Å². The third-order valence-corrected chi connectivity index (χ3v) is 4.47. The monoisotopic (exact) mass is 342 g/mol. The zero-order chi connectivity index (χ0) is 16.9. The molecule has 0 aliphatic heterocycles. The van der Waals surface area contributed by atoms with Gasteiger partial charge in [-0.3, -0.25) is 9.59 Å². The van der Waals surface area contributed by atoms with Gasteiger partial charge in [0.05, 0.1) is 11.3 Å². The molecular formula is C19H19ClN2O2. The van der Waals surface area contributed by atoms with E-state index >= 15 is 0 Å². The van der Waals surface area contributed by atoms with E-state index in [-0.39, 0.29) is 17.7 Å².